The summed E-state index contributed by atoms with van der Waals surface area (Å²) < 4.78 is 0. The Hall–Kier alpha value is -2.17. The highest BCUT2D eigenvalue weighted by Crippen LogP contribution is 2.06. The van der Waals surface area contributed by atoms with Crippen LogP contribution in [0.25, 0.3) is 0 Å². The predicted molar refractivity (Wildman–Crippen MR) is 89.1 cm³/mol. The van der Waals surface area contributed by atoms with Crippen LogP contribution in [0.1, 0.15) is 12.5 Å². The normalized spacial score (nSPS) is 17.3. The Balaban J connectivity index is 1.70. The summed E-state index contributed by atoms with van der Waals surface area (Å²) >= 11 is 0. The minimum absolute atomic E-state index is 0.294. The molecule has 1 aliphatic heterocycles. The van der Waals surface area contributed by atoms with E-state index in [0.717, 1.165) is 32.7 Å². The van der Waals surface area contributed by atoms with Gasteiger partial charge in [-0.2, -0.15) is 5.26 Å². The maximum Gasteiger partial charge on any atom is 0.320 e. The minimum Gasteiger partial charge on any atom is -0.338 e. The van der Waals surface area contributed by atoms with Gasteiger partial charge in [-0.15, -0.1) is 0 Å². The van der Waals surface area contributed by atoms with Gasteiger partial charge in [0.25, 0.3) is 0 Å². The van der Waals surface area contributed by atoms with Gasteiger partial charge in [-0.1, -0.05) is 6.92 Å². The molecule has 2 heterocycles. The van der Waals surface area contributed by atoms with Crippen molar-refractivity contribution in [3.05, 3.63) is 23.9 Å². The van der Waals surface area contributed by atoms with E-state index in [9.17, 15) is 4.79 Å². The molecule has 1 saturated heterocycles. The van der Waals surface area contributed by atoms with Gasteiger partial charge < -0.3 is 15.1 Å². The van der Waals surface area contributed by atoms with Gasteiger partial charge in [0.1, 0.15) is 5.82 Å². The van der Waals surface area contributed by atoms with Crippen molar-refractivity contribution in [2.24, 2.45) is 5.92 Å². The summed E-state index contributed by atoms with van der Waals surface area (Å²) in [5.74, 6) is 0.760. The van der Waals surface area contributed by atoms with E-state index in [1.54, 1.807) is 12.1 Å². The molecule has 0 spiro atoms. The van der Waals surface area contributed by atoms with E-state index < -0.39 is 0 Å². The fourth-order valence-corrected chi connectivity index (χ4v) is 2.53. The van der Waals surface area contributed by atoms with E-state index in [1.165, 1.54) is 6.20 Å². The van der Waals surface area contributed by atoms with Crippen molar-refractivity contribution in [2.75, 3.05) is 51.6 Å². The van der Waals surface area contributed by atoms with Crippen LogP contribution in [0, 0.1) is 17.2 Å². The van der Waals surface area contributed by atoms with Gasteiger partial charge in [0.05, 0.1) is 11.6 Å². The van der Waals surface area contributed by atoms with Crippen LogP contribution in [0.2, 0.25) is 0 Å². The number of pyridine rings is 1. The molecular weight excluding hydrogens is 292 g/mol. The van der Waals surface area contributed by atoms with E-state index in [1.807, 2.05) is 6.07 Å². The van der Waals surface area contributed by atoms with E-state index >= 15 is 0 Å². The van der Waals surface area contributed by atoms with Crippen molar-refractivity contribution in [2.45, 2.75) is 6.92 Å². The lowest BCUT2D eigenvalue weighted by Crippen LogP contribution is -2.47. The standard InChI is InChI=1S/C16H24N6O/c1-13(12-22-7-5-21(2)6-8-22)11-19-16(23)20-15-9-14(10-17)3-4-18-15/h3-4,9,13H,5-8,11-12H2,1-2H3,(H2,18,19,20,23)/t13-/m1/s1. The van der Waals surface area contributed by atoms with E-state index in [2.05, 4.69) is 39.4 Å². The zero-order valence-corrected chi connectivity index (χ0v) is 13.7. The topological polar surface area (TPSA) is 84.3 Å². The first kappa shape index (κ1) is 17.2. The summed E-state index contributed by atoms with van der Waals surface area (Å²) in [5, 5.41) is 14.3. The molecule has 0 saturated carbocycles. The molecule has 7 nitrogen and oxygen atoms in total. The second-order valence-corrected chi connectivity index (χ2v) is 6.09. The Morgan fingerprint density at radius 2 is 2.17 bits per heavy atom. The van der Waals surface area contributed by atoms with E-state index in [-0.39, 0.29) is 6.03 Å². The molecule has 0 aromatic carbocycles. The number of amides is 2. The molecule has 1 aromatic rings. The SMILES string of the molecule is C[C@H](CNC(=O)Nc1cc(C#N)ccn1)CN1CCN(C)CC1. The van der Waals surface area contributed by atoms with Crippen LogP contribution in [0.15, 0.2) is 18.3 Å². The average molecular weight is 316 g/mol. The van der Waals surface area contributed by atoms with Crippen LogP contribution >= 0.6 is 0 Å². The number of aromatic nitrogens is 1. The molecule has 1 fully saturated rings. The molecule has 0 unspecified atom stereocenters. The van der Waals surface area contributed by atoms with Crippen molar-refractivity contribution in [3.8, 4) is 6.07 Å². The summed E-state index contributed by atoms with van der Waals surface area (Å²) in [5.41, 5.74) is 0.471. The third kappa shape index (κ3) is 5.85. The number of anilines is 1. The van der Waals surface area contributed by atoms with E-state index in [4.69, 9.17) is 5.26 Å². The van der Waals surface area contributed by atoms with Gasteiger partial charge in [0, 0.05) is 45.5 Å². The highest BCUT2D eigenvalue weighted by Gasteiger charge is 2.16. The molecule has 124 valence electrons. The molecule has 1 atom stereocenters. The Morgan fingerprint density at radius 1 is 1.43 bits per heavy atom. The summed E-state index contributed by atoms with van der Waals surface area (Å²) in [6, 6.07) is 4.87. The predicted octanol–water partition coefficient (Wildman–Crippen LogP) is 0.958. The average Bonchev–Trinajstić information content (AvgIpc) is 2.55. The highest BCUT2D eigenvalue weighted by molar-refractivity contribution is 5.88. The number of piperazine rings is 1. The molecule has 2 rings (SSSR count). The first-order valence-corrected chi connectivity index (χ1v) is 7.88. The number of nitrogens with zero attached hydrogens (tertiary/aromatic N) is 4. The lowest BCUT2D eigenvalue weighted by atomic mass is 10.1. The maximum atomic E-state index is 11.9. The maximum absolute atomic E-state index is 11.9. The molecular formula is C16H24N6O. The number of carbonyl (C=O) groups is 1. The van der Waals surface area contributed by atoms with Gasteiger partial charge >= 0.3 is 6.03 Å². The number of likely N-dealkylation sites (N-methyl/N-ethyl adjacent to an activating group) is 1. The molecule has 2 amide bonds. The Morgan fingerprint density at radius 3 is 2.87 bits per heavy atom. The lowest BCUT2D eigenvalue weighted by Gasteiger charge is -2.33. The van der Waals surface area contributed by atoms with Crippen LogP contribution in [0.3, 0.4) is 0 Å². The highest BCUT2D eigenvalue weighted by atomic mass is 16.2. The minimum atomic E-state index is -0.294. The fourth-order valence-electron chi connectivity index (χ4n) is 2.53. The largest absolute Gasteiger partial charge is 0.338 e. The number of rotatable bonds is 5. The van der Waals surface area contributed by atoms with Gasteiger partial charge in [-0.3, -0.25) is 5.32 Å². The first-order valence-electron chi connectivity index (χ1n) is 7.88. The summed E-state index contributed by atoms with van der Waals surface area (Å²) in [6.45, 7) is 8.08. The number of hydrogen-bond acceptors (Lipinski definition) is 5. The summed E-state index contributed by atoms with van der Waals surface area (Å²) in [7, 11) is 2.14. The Kier molecular flexibility index (Phi) is 6.32. The van der Waals surface area contributed by atoms with Crippen molar-refractivity contribution in [1.82, 2.24) is 20.1 Å². The molecule has 7 heteroatoms. The number of nitrogens with one attached hydrogen (secondary N) is 2. The van der Waals surface area contributed by atoms with Gasteiger partial charge in [0.2, 0.25) is 0 Å². The molecule has 23 heavy (non-hydrogen) atoms. The van der Waals surface area contributed by atoms with Gasteiger partial charge in [0.15, 0.2) is 0 Å². The lowest BCUT2D eigenvalue weighted by molar-refractivity contribution is 0.138. The van der Waals surface area contributed by atoms with Crippen molar-refractivity contribution < 1.29 is 4.79 Å². The smallest absolute Gasteiger partial charge is 0.320 e. The molecule has 0 aliphatic carbocycles. The van der Waals surface area contributed by atoms with Crippen LogP contribution in [-0.4, -0.2) is 67.1 Å². The third-order valence-corrected chi connectivity index (χ3v) is 3.91. The van der Waals surface area contributed by atoms with Crippen molar-refractivity contribution >= 4 is 11.8 Å². The molecule has 2 N–H and O–H groups in total. The number of hydrogen-bond donors (Lipinski definition) is 2. The first-order chi connectivity index (χ1) is 11.1. The van der Waals surface area contributed by atoms with Crippen LogP contribution in [0.4, 0.5) is 10.6 Å². The summed E-state index contributed by atoms with van der Waals surface area (Å²) in [4.78, 5) is 20.7. The Bertz CT molecular complexity index is 562. The summed E-state index contributed by atoms with van der Waals surface area (Å²) in [6.07, 6.45) is 1.50. The zero-order chi connectivity index (χ0) is 16.7. The van der Waals surface area contributed by atoms with Crippen LogP contribution in [0.5, 0.6) is 0 Å². The number of urea groups is 1. The second kappa shape index (κ2) is 8.46. The van der Waals surface area contributed by atoms with Crippen molar-refractivity contribution in [3.63, 3.8) is 0 Å². The van der Waals surface area contributed by atoms with Crippen LogP contribution < -0.4 is 10.6 Å². The monoisotopic (exact) mass is 316 g/mol. The molecule has 0 radical (unpaired) electrons. The second-order valence-electron chi connectivity index (χ2n) is 6.09. The molecule has 0 bridgehead atoms. The number of nitriles is 1. The molecule has 1 aromatic heterocycles. The fraction of sp³-hybridized carbons (Fsp3) is 0.562. The number of carbonyl (C=O) groups excluding carboxylic acids is 1. The van der Waals surface area contributed by atoms with Gasteiger partial charge in [-0.05, 0) is 25.1 Å². The van der Waals surface area contributed by atoms with Gasteiger partial charge in [-0.25, -0.2) is 9.78 Å². The third-order valence-electron chi connectivity index (χ3n) is 3.91. The van der Waals surface area contributed by atoms with Crippen LogP contribution in [-0.2, 0) is 0 Å². The Labute approximate surface area is 137 Å². The van der Waals surface area contributed by atoms with Crippen molar-refractivity contribution in [1.29, 1.82) is 5.26 Å². The quantitative estimate of drug-likeness (QED) is 0.845. The van der Waals surface area contributed by atoms with E-state index in [0.29, 0.717) is 23.8 Å². The zero-order valence-electron chi connectivity index (χ0n) is 13.7. The molecule has 1 aliphatic rings.